The predicted molar refractivity (Wildman–Crippen MR) is 142 cm³/mol. The molecule has 14 nitrogen and oxygen atoms in total. The summed E-state index contributed by atoms with van der Waals surface area (Å²) in [4.78, 5) is 13.0. The predicted octanol–water partition coefficient (Wildman–Crippen LogP) is -0.881. The Bertz CT molecular complexity index is 1420. The Morgan fingerprint density at radius 1 is 0.810 bits per heavy atom. The molecular formula is C28H32O14. The second-order valence-corrected chi connectivity index (χ2v) is 9.92. The zero-order valence-electron chi connectivity index (χ0n) is 22.6. The van der Waals surface area contributed by atoms with Gasteiger partial charge in [0, 0.05) is 23.8 Å². The van der Waals surface area contributed by atoms with Gasteiger partial charge in [-0.3, -0.25) is 4.79 Å². The maximum atomic E-state index is 13.0. The van der Waals surface area contributed by atoms with E-state index in [0.717, 1.165) is 0 Å². The molecule has 2 saturated heterocycles. The highest BCUT2D eigenvalue weighted by molar-refractivity contribution is 5.86. The zero-order valence-corrected chi connectivity index (χ0v) is 22.6. The maximum Gasteiger partial charge on any atom is 0.229 e. The molecule has 2 aromatic carbocycles. The molecule has 14 heteroatoms. The van der Waals surface area contributed by atoms with E-state index in [-0.39, 0.29) is 40.3 Å². The van der Waals surface area contributed by atoms with Crippen molar-refractivity contribution in [2.45, 2.75) is 55.3 Å². The molecule has 9 atom stereocenters. The molecule has 3 heterocycles. The van der Waals surface area contributed by atoms with Crippen LogP contribution in [0.5, 0.6) is 17.2 Å². The highest BCUT2D eigenvalue weighted by Gasteiger charge is 2.46. The molecule has 1 aromatic heterocycles. The van der Waals surface area contributed by atoms with Crippen LogP contribution in [0.25, 0.3) is 22.3 Å². The first-order valence-electron chi connectivity index (χ1n) is 13.0. The molecule has 5 rings (SSSR count). The van der Waals surface area contributed by atoms with Gasteiger partial charge in [-0.05, 0) is 24.3 Å². The summed E-state index contributed by atoms with van der Waals surface area (Å²) in [6.45, 7) is -0.749. The lowest BCUT2D eigenvalue weighted by Crippen LogP contribution is -2.61. The number of ether oxygens (including phenoxy) is 6. The lowest BCUT2D eigenvalue weighted by Gasteiger charge is -2.41. The van der Waals surface area contributed by atoms with Crippen molar-refractivity contribution in [3.8, 4) is 28.6 Å². The van der Waals surface area contributed by atoms with E-state index in [1.54, 1.807) is 24.3 Å². The number of methoxy groups -OCH3 is 2. The number of aliphatic hydroxyl groups is 6. The van der Waals surface area contributed by atoms with E-state index in [2.05, 4.69) is 0 Å². The number of rotatable bonds is 8. The fourth-order valence-electron chi connectivity index (χ4n) is 4.76. The lowest BCUT2D eigenvalue weighted by molar-refractivity contribution is -0.307. The van der Waals surface area contributed by atoms with E-state index in [1.807, 2.05) is 0 Å². The van der Waals surface area contributed by atoms with Crippen LogP contribution in [-0.2, 0) is 14.2 Å². The van der Waals surface area contributed by atoms with Crippen LogP contribution in [0, 0.1) is 0 Å². The molecular weight excluding hydrogens is 560 g/mol. The quantitative estimate of drug-likeness (QED) is 0.188. The summed E-state index contributed by atoms with van der Waals surface area (Å²) >= 11 is 0. The zero-order chi connectivity index (χ0) is 30.1. The standard InChI is InChI=1S/C28H32O14/c1-36-13-5-3-12(4-6-13)17-9-15(29)21-18(37-2)7-14(8-19(21)41-17)40-28-26(35)24(33)23(32)20(42-28)11-39-27-25(34)22(31)16(30)10-38-27/h3-9,16,20,22-28,30-35H,10-11H2,1-2H3/t16-,20-,22+,23-,24+,25-,26-,27+,28-/m1/s1. The minimum atomic E-state index is -1.72. The summed E-state index contributed by atoms with van der Waals surface area (Å²) in [5.41, 5.74) is 0.345. The fourth-order valence-corrected chi connectivity index (χ4v) is 4.76. The Hall–Kier alpha value is -3.31. The van der Waals surface area contributed by atoms with Crippen molar-refractivity contribution < 1.29 is 63.5 Å². The van der Waals surface area contributed by atoms with Crippen LogP contribution in [0.1, 0.15) is 0 Å². The first-order chi connectivity index (χ1) is 20.1. The lowest BCUT2D eigenvalue weighted by atomic mass is 9.99. The van der Waals surface area contributed by atoms with Gasteiger partial charge in [-0.1, -0.05) is 0 Å². The highest BCUT2D eigenvalue weighted by atomic mass is 16.7. The molecule has 2 fully saturated rings. The van der Waals surface area contributed by atoms with E-state index in [9.17, 15) is 35.4 Å². The molecule has 0 saturated carbocycles. The van der Waals surface area contributed by atoms with Crippen molar-refractivity contribution in [2.24, 2.45) is 0 Å². The first-order valence-corrected chi connectivity index (χ1v) is 13.0. The van der Waals surface area contributed by atoms with Gasteiger partial charge in [-0.2, -0.15) is 0 Å². The summed E-state index contributed by atoms with van der Waals surface area (Å²) in [6, 6.07) is 11.0. The van der Waals surface area contributed by atoms with Gasteiger partial charge < -0.3 is 63.5 Å². The molecule has 0 radical (unpaired) electrons. The Morgan fingerprint density at radius 3 is 2.21 bits per heavy atom. The minimum Gasteiger partial charge on any atom is -0.497 e. The Kier molecular flexibility index (Phi) is 8.98. The first kappa shape index (κ1) is 30.2. The molecule has 42 heavy (non-hydrogen) atoms. The van der Waals surface area contributed by atoms with Crippen LogP contribution in [0.15, 0.2) is 51.7 Å². The van der Waals surface area contributed by atoms with Crippen molar-refractivity contribution in [2.75, 3.05) is 27.4 Å². The monoisotopic (exact) mass is 592 g/mol. The molecule has 2 aliphatic heterocycles. The summed E-state index contributed by atoms with van der Waals surface area (Å²) in [6.07, 6.45) is -13.6. The van der Waals surface area contributed by atoms with Crippen molar-refractivity contribution in [3.63, 3.8) is 0 Å². The van der Waals surface area contributed by atoms with Crippen molar-refractivity contribution in [1.29, 1.82) is 0 Å². The SMILES string of the molecule is COc1ccc(-c2cc(=O)c3c(OC)cc(O[C@@H]4O[C@H](CO[C@@H]5OC[C@@H](O)[C@H](O)[C@H]5O)[C@@H](O)[C@H](O)[C@H]4O)cc3o2)cc1. The van der Waals surface area contributed by atoms with E-state index in [4.69, 9.17) is 32.8 Å². The van der Waals surface area contributed by atoms with Gasteiger partial charge in [0.1, 0.15) is 76.7 Å². The third-order valence-electron chi connectivity index (χ3n) is 7.16. The van der Waals surface area contributed by atoms with E-state index >= 15 is 0 Å². The molecule has 6 N–H and O–H groups in total. The normalized spacial score (nSPS) is 31.6. The van der Waals surface area contributed by atoms with Crippen molar-refractivity contribution in [1.82, 2.24) is 0 Å². The van der Waals surface area contributed by atoms with Crippen LogP contribution >= 0.6 is 0 Å². The number of hydrogen-bond donors (Lipinski definition) is 6. The van der Waals surface area contributed by atoms with Crippen LogP contribution in [0.4, 0.5) is 0 Å². The van der Waals surface area contributed by atoms with Crippen molar-refractivity contribution in [3.05, 3.63) is 52.7 Å². The Balaban J connectivity index is 1.37. The second kappa shape index (κ2) is 12.5. The number of aliphatic hydroxyl groups excluding tert-OH is 6. The van der Waals surface area contributed by atoms with Gasteiger partial charge in [-0.15, -0.1) is 0 Å². The molecule has 0 spiro atoms. The van der Waals surface area contributed by atoms with E-state index in [0.29, 0.717) is 11.3 Å². The van der Waals surface area contributed by atoms with Gasteiger partial charge in [-0.25, -0.2) is 0 Å². The third-order valence-corrected chi connectivity index (χ3v) is 7.16. The molecule has 0 bridgehead atoms. The smallest absolute Gasteiger partial charge is 0.229 e. The van der Waals surface area contributed by atoms with Crippen LogP contribution in [0.3, 0.4) is 0 Å². The Labute approximate surface area is 238 Å². The number of benzene rings is 2. The highest BCUT2D eigenvalue weighted by Crippen LogP contribution is 2.34. The molecule has 0 aliphatic carbocycles. The van der Waals surface area contributed by atoms with E-state index < -0.39 is 61.9 Å². The molecule has 0 amide bonds. The van der Waals surface area contributed by atoms with Crippen LogP contribution < -0.4 is 19.6 Å². The average molecular weight is 593 g/mol. The van der Waals surface area contributed by atoms with Gasteiger partial charge >= 0.3 is 0 Å². The summed E-state index contributed by atoms with van der Waals surface area (Å²) in [5, 5.41) is 61.2. The molecule has 0 unspecified atom stereocenters. The van der Waals surface area contributed by atoms with Gasteiger partial charge in [0.15, 0.2) is 11.7 Å². The van der Waals surface area contributed by atoms with Gasteiger partial charge in [0.05, 0.1) is 27.4 Å². The fraction of sp³-hybridized carbons (Fsp3) is 0.464. The van der Waals surface area contributed by atoms with Gasteiger partial charge in [0.2, 0.25) is 6.29 Å². The summed E-state index contributed by atoms with van der Waals surface area (Å²) in [5.74, 6) is 1.06. The summed E-state index contributed by atoms with van der Waals surface area (Å²) < 4.78 is 38.7. The molecule has 3 aromatic rings. The number of hydrogen-bond acceptors (Lipinski definition) is 14. The van der Waals surface area contributed by atoms with Gasteiger partial charge in [0.25, 0.3) is 0 Å². The molecule has 2 aliphatic rings. The molecule has 228 valence electrons. The van der Waals surface area contributed by atoms with Crippen molar-refractivity contribution >= 4 is 11.0 Å². The Morgan fingerprint density at radius 2 is 1.52 bits per heavy atom. The third kappa shape index (κ3) is 5.94. The largest absolute Gasteiger partial charge is 0.497 e. The van der Waals surface area contributed by atoms with Crippen LogP contribution in [0.2, 0.25) is 0 Å². The summed E-state index contributed by atoms with van der Waals surface area (Å²) in [7, 11) is 2.89. The second-order valence-electron chi connectivity index (χ2n) is 9.92. The van der Waals surface area contributed by atoms with Crippen LogP contribution in [-0.4, -0.2) is 113 Å². The average Bonchev–Trinajstić information content (AvgIpc) is 2.99. The maximum absolute atomic E-state index is 13.0. The topological polar surface area (TPSA) is 207 Å². The number of fused-ring (bicyclic) bond motifs is 1. The minimum absolute atomic E-state index is 0.0461. The van der Waals surface area contributed by atoms with E-state index in [1.165, 1.54) is 32.4 Å².